The van der Waals surface area contributed by atoms with E-state index in [1.54, 1.807) is 0 Å². The van der Waals surface area contributed by atoms with Gasteiger partial charge in [-0.05, 0) is 54.4 Å². The summed E-state index contributed by atoms with van der Waals surface area (Å²) in [5.74, 6) is 0. The number of benzene rings is 2. The van der Waals surface area contributed by atoms with Crippen molar-refractivity contribution in [1.29, 1.82) is 0 Å². The number of rotatable bonds is 3. The van der Waals surface area contributed by atoms with Crippen molar-refractivity contribution in [3.63, 3.8) is 0 Å². The first-order chi connectivity index (χ1) is 13.2. The number of hydrogen-bond acceptors (Lipinski definition) is 1. The average molecular weight is 376 g/mol. The number of aryl methyl sites for hydroxylation is 2. The molecule has 0 unspecified atom stereocenters. The van der Waals surface area contributed by atoms with Crippen LogP contribution >= 0.6 is 12.2 Å². The van der Waals surface area contributed by atoms with Crippen LogP contribution in [0, 0.1) is 6.92 Å². The van der Waals surface area contributed by atoms with E-state index in [2.05, 4.69) is 95.5 Å². The maximum Gasteiger partial charge on any atom is 0.174 e. The van der Waals surface area contributed by atoms with Crippen molar-refractivity contribution in [3.05, 3.63) is 89.2 Å². The molecule has 1 aliphatic heterocycles. The minimum Gasteiger partial charge on any atom is -0.348 e. The van der Waals surface area contributed by atoms with Gasteiger partial charge in [0.2, 0.25) is 0 Å². The highest BCUT2D eigenvalue weighted by molar-refractivity contribution is 7.80. The summed E-state index contributed by atoms with van der Waals surface area (Å²) in [6, 6.07) is 21.5. The number of anilines is 1. The Morgan fingerprint density at radius 3 is 2.63 bits per heavy atom. The molecule has 1 aliphatic rings. The molecule has 1 N–H and O–H groups in total. The first kappa shape index (κ1) is 17.8. The molecule has 0 spiro atoms. The number of aromatic nitrogens is 1. The van der Waals surface area contributed by atoms with E-state index in [-0.39, 0.29) is 6.04 Å². The van der Waals surface area contributed by atoms with E-state index in [1.165, 1.54) is 22.4 Å². The van der Waals surface area contributed by atoms with Gasteiger partial charge in [0.25, 0.3) is 0 Å². The average Bonchev–Trinajstić information content (AvgIpc) is 3.18. The first-order valence-electron chi connectivity index (χ1n) is 9.55. The molecule has 3 nitrogen and oxygen atoms in total. The highest BCUT2D eigenvalue weighted by Crippen LogP contribution is 2.33. The third kappa shape index (κ3) is 3.37. The van der Waals surface area contributed by atoms with E-state index in [9.17, 15) is 0 Å². The molecule has 138 valence electrons. The molecule has 4 heteroatoms. The van der Waals surface area contributed by atoms with E-state index >= 15 is 0 Å². The molecule has 2 aromatic carbocycles. The van der Waals surface area contributed by atoms with Gasteiger partial charge in [0.1, 0.15) is 0 Å². The summed E-state index contributed by atoms with van der Waals surface area (Å²) in [5, 5.41) is 4.36. The van der Waals surface area contributed by atoms with Gasteiger partial charge in [0.05, 0.1) is 6.04 Å². The van der Waals surface area contributed by atoms with Gasteiger partial charge >= 0.3 is 0 Å². The van der Waals surface area contributed by atoms with Crippen LogP contribution in [0.2, 0.25) is 0 Å². The molecule has 2 heterocycles. The lowest BCUT2D eigenvalue weighted by molar-refractivity contribution is 0.293. The molecule has 0 saturated carbocycles. The molecule has 4 rings (SSSR count). The van der Waals surface area contributed by atoms with Gasteiger partial charge in [-0.3, -0.25) is 0 Å². The van der Waals surface area contributed by atoms with Crippen molar-refractivity contribution in [2.45, 2.75) is 32.9 Å². The minimum atomic E-state index is 0.129. The predicted octanol–water partition coefficient (Wildman–Crippen LogP) is 5.16. The fourth-order valence-corrected chi connectivity index (χ4v) is 4.27. The lowest BCUT2D eigenvalue weighted by Gasteiger charge is -2.39. The third-order valence-electron chi connectivity index (χ3n) is 5.39. The van der Waals surface area contributed by atoms with Crippen molar-refractivity contribution < 1.29 is 0 Å². The topological polar surface area (TPSA) is 20.2 Å². The second-order valence-electron chi connectivity index (χ2n) is 7.03. The maximum atomic E-state index is 5.91. The van der Waals surface area contributed by atoms with Crippen molar-refractivity contribution in [1.82, 2.24) is 9.47 Å². The Balaban J connectivity index is 1.69. The Bertz CT molecular complexity index is 945. The monoisotopic (exact) mass is 375 g/mol. The second-order valence-corrected chi connectivity index (χ2v) is 7.41. The van der Waals surface area contributed by atoms with Crippen LogP contribution in [-0.2, 0) is 13.0 Å². The van der Waals surface area contributed by atoms with Crippen LogP contribution < -0.4 is 5.32 Å². The summed E-state index contributed by atoms with van der Waals surface area (Å²) in [4.78, 5) is 2.33. The van der Waals surface area contributed by atoms with Crippen LogP contribution in [0.25, 0.3) is 0 Å². The number of hydrogen-bond donors (Lipinski definition) is 1. The molecule has 1 atom stereocenters. The summed E-state index contributed by atoms with van der Waals surface area (Å²) in [7, 11) is 0. The summed E-state index contributed by atoms with van der Waals surface area (Å²) < 4.78 is 2.34. The highest BCUT2D eigenvalue weighted by Gasteiger charge is 2.30. The summed E-state index contributed by atoms with van der Waals surface area (Å²) in [5.41, 5.74) is 6.24. The van der Waals surface area contributed by atoms with E-state index in [0.717, 1.165) is 30.3 Å². The Kier molecular flexibility index (Phi) is 4.99. The Morgan fingerprint density at radius 2 is 1.85 bits per heavy atom. The number of nitrogens with one attached hydrogen (secondary N) is 1. The molecule has 0 radical (unpaired) electrons. The molecule has 1 aromatic heterocycles. The van der Waals surface area contributed by atoms with E-state index in [0.29, 0.717) is 0 Å². The standard InChI is InChI=1S/C23H25N3S/c1-3-18-12-7-9-17(2)21(18)24-23(27)26-16-15-25-14-8-13-20(25)22(26)19-10-5-4-6-11-19/h4-14,22H,3,15-16H2,1-2H3,(H,24,27)/t22-/m0/s1. The van der Waals surface area contributed by atoms with Gasteiger partial charge in [-0.1, -0.05) is 55.5 Å². The SMILES string of the molecule is CCc1cccc(C)c1NC(=S)N1CCn2cccc2[C@@H]1c1ccccc1. The smallest absolute Gasteiger partial charge is 0.174 e. The van der Waals surface area contributed by atoms with Crippen LogP contribution in [0.4, 0.5) is 5.69 Å². The molecule has 3 aromatic rings. The van der Waals surface area contributed by atoms with Crippen molar-refractivity contribution in [2.75, 3.05) is 11.9 Å². The Hall–Kier alpha value is -2.59. The fourth-order valence-electron chi connectivity index (χ4n) is 3.97. The summed E-state index contributed by atoms with van der Waals surface area (Å²) >= 11 is 5.91. The highest BCUT2D eigenvalue weighted by atomic mass is 32.1. The largest absolute Gasteiger partial charge is 0.348 e. The summed E-state index contributed by atoms with van der Waals surface area (Å²) in [6.45, 7) is 6.16. The molecular formula is C23H25N3S. The molecule has 0 saturated heterocycles. The summed E-state index contributed by atoms with van der Waals surface area (Å²) in [6.07, 6.45) is 3.15. The van der Waals surface area contributed by atoms with Gasteiger partial charge in [-0.15, -0.1) is 0 Å². The van der Waals surface area contributed by atoms with Crippen LogP contribution in [0.15, 0.2) is 66.9 Å². The lowest BCUT2D eigenvalue weighted by atomic mass is 10.0. The van der Waals surface area contributed by atoms with Gasteiger partial charge in [-0.25, -0.2) is 0 Å². The lowest BCUT2D eigenvalue weighted by Crippen LogP contribution is -2.44. The van der Waals surface area contributed by atoms with Crippen molar-refractivity contribution in [3.8, 4) is 0 Å². The number of para-hydroxylation sites is 1. The number of nitrogens with zero attached hydrogens (tertiary/aromatic N) is 2. The van der Waals surface area contributed by atoms with Gasteiger partial charge in [-0.2, -0.15) is 0 Å². The van der Waals surface area contributed by atoms with Crippen LogP contribution in [0.5, 0.6) is 0 Å². The Morgan fingerprint density at radius 1 is 1.04 bits per heavy atom. The van der Waals surface area contributed by atoms with Crippen LogP contribution in [-0.4, -0.2) is 21.1 Å². The zero-order chi connectivity index (χ0) is 18.8. The van der Waals surface area contributed by atoms with Crippen LogP contribution in [0.1, 0.15) is 35.3 Å². The zero-order valence-corrected chi connectivity index (χ0v) is 16.7. The van der Waals surface area contributed by atoms with Crippen molar-refractivity contribution >= 4 is 23.0 Å². The second kappa shape index (κ2) is 7.57. The molecule has 0 aliphatic carbocycles. The first-order valence-corrected chi connectivity index (χ1v) is 9.96. The van der Waals surface area contributed by atoms with E-state index in [1.807, 2.05) is 0 Å². The number of fused-ring (bicyclic) bond motifs is 1. The van der Waals surface area contributed by atoms with Gasteiger partial charge < -0.3 is 14.8 Å². The quantitative estimate of drug-likeness (QED) is 0.639. The molecule has 0 fully saturated rings. The van der Waals surface area contributed by atoms with Crippen LogP contribution in [0.3, 0.4) is 0 Å². The van der Waals surface area contributed by atoms with Gasteiger partial charge in [0, 0.05) is 30.7 Å². The zero-order valence-electron chi connectivity index (χ0n) is 15.9. The number of thiocarbonyl (C=S) groups is 1. The maximum absolute atomic E-state index is 5.91. The molecular weight excluding hydrogens is 350 g/mol. The predicted molar refractivity (Wildman–Crippen MR) is 116 cm³/mol. The third-order valence-corrected chi connectivity index (χ3v) is 5.72. The fraction of sp³-hybridized carbons (Fsp3) is 0.261. The molecule has 0 amide bonds. The Labute approximate surface area is 166 Å². The molecule has 27 heavy (non-hydrogen) atoms. The van der Waals surface area contributed by atoms with E-state index < -0.39 is 0 Å². The molecule has 0 bridgehead atoms. The minimum absolute atomic E-state index is 0.129. The van der Waals surface area contributed by atoms with Gasteiger partial charge in [0.15, 0.2) is 5.11 Å². The van der Waals surface area contributed by atoms with Crippen molar-refractivity contribution in [2.24, 2.45) is 0 Å². The normalized spacial score (nSPS) is 16.1. The van der Waals surface area contributed by atoms with E-state index in [4.69, 9.17) is 12.2 Å².